The predicted molar refractivity (Wildman–Crippen MR) is 120 cm³/mol. The molecule has 2 bridgehead atoms. The molecule has 3 atom stereocenters. The van der Waals surface area contributed by atoms with E-state index in [1.165, 1.54) is 18.4 Å². The van der Waals surface area contributed by atoms with Crippen LogP contribution in [0.1, 0.15) is 38.2 Å². The summed E-state index contributed by atoms with van der Waals surface area (Å²) in [6, 6.07) is 18.0. The molecule has 2 aliphatic heterocycles. The molecule has 3 heterocycles. The zero-order chi connectivity index (χ0) is 20.7. The molecule has 0 saturated carbocycles. The van der Waals surface area contributed by atoms with Gasteiger partial charge in [-0.3, -0.25) is 9.69 Å². The zero-order valence-corrected chi connectivity index (χ0v) is 18.3. The molecule has 0 radical (unpaired) electrons. The molecule has 156 valence electrons. The fraction of sp³-hybridized carbons (Fsp3) is 0.417. The van der Waals surface area contributed by atoms with E-state index in [0.717, 1.165) is 35.4 Å². The van der Waals surface area contributed by atoms with Gasteiger partial charge in [0.25, 0.3) is 5.19 Å². The van der Waals surface area contributed by atoms with Crippen molar-refractivity contribution in [3.8, 4) is 10.9 Å². The van der Waals surface area contributed by atoms with Gasteiger partial charge in [0.2, 0.25) is 5.91 Å². The molecule has 5 rings (SSSR count). The Morgan fingerprint density at radius 2 is 1.83 bits per heavy atom. The van der Waals surface area contributed by atoms with Crippen LogP contribution in [0.5, 0.6) is 10.9 Å². The Bertz CT molecular complexity index is 1000. The summed E-state index contributed by atoms with van der Waals surface area (Å²) >= 11 is 1.57. The SMILES string of the molecule is CC(=O)N(C)C1C[C@H]2CC[C@@H](C1)N2Cc1ccc(Oc2nc3ccccc3s2)cc1. The molecule has 0 spiro atoms. The molecular formula is C24H27N3O2S. The minimum absolute atomic E-state index is 0.177. The van der Waals surface area contributed by atoms with E-state index in [1.54, 1.807) is 18.3 Å². The maximum Gasteiger partial charge on any atom is 0.279 e. The van der Waals surface area contributed by atoms with Crippen LogP contribution in [0, 0.1) is 0 Å². The average molecular weight is 422 g/mol. The van der Waals surface area contributed by atoms with Gasteiger partial charge < -0.3 is 9.64 Å². The lowest BCUT2D eigenvalue weighted by molar-refractivity contribution is -0.131. The Kier molecular flexibility index (Phi) is 5.21. The van der Waals surface area contributed by atoms with Gasteiger partial charge in [-0.1, -0.05) is 35.6 Å². The third kappa shape index (κ3) is 3.82. The normalized spacial score (nSPS) is 23.6. The van der Waals surface area contributed by atoms with Gasteiger partial charge >= 0.3 is 0 Å². The third-order valence-corrected chi connectivity index (χ3v) is 7.59. The molecule has 3 aromatic rings. The number of thiazole rings is 1. The summed E-state index contributed by atoms with van der Waals surface area (Å²) in [6.07, 6.45) is 4.66. The van der Waals surface area contributed by atoms with Gasteiger partial charge in [0.05, 0.1) is 10.2 Å². The first-order chi connectivity index (χ1) is 14.6. The number of amides is 1. The Morgan fingerprint density at radius 1 is 1.13 bits per heavy atom. The van der Waals surface area contributed by atoms with E-state index in [1.807, 2.05) is 42.3 Å². The van der Waals surface area contributed by atoms with Crippen molar-refractivity contribution in [2.75, 3.05) is 7.05 Å². The number of fused-ring (bicyclic) bond motifs is 3. The number of ether oxygens (including phenoxy) is 1. The highest BCUT2D eigenvalue weighted by Gasteiger charge is 2.42. The number of para-hydroxylation sites is 1. The van der Waals surface area contributed by atoms with E-state index in [2.05, 4.69) is 28.1 Å². The van der Waals surface area contributed by atoms with Crippen LogP contribution in [-0.2, 0) is 11.3 Å². The summed E-state index contributed by atoms with van der Waals surface area (Å²) < 4.78 is 7.12. The number of rotatable bonds is 5. The summed E-state index contributed by atoms with van der Waals surface area (Å²) in [6.45, 7) is 2.64. The smallest absolute Gasteiger partial charge is 0.279 e. The van der Waals surface area contributed by atoms with Gasteiger partial charge in [-0.15, -0.1) is 0 Å². The summed E-state index contributed by atoms with van der Waals surface area (Å²) in [7, 11) is 1.95. The molecule has 2 fully saturated rings. The van der Waals surface area contributed by atoms with Gasteiger partial charge in [0.15, 0.2) is 0 Å². The van der Waals surface area contributed by atoms with Crippen molar-refractivity contribution >= 4 is 27.5 Å². The van der Waals surface area contributed by atoms with Crippen LogP contribution < -0.4 is 4.74 Å². The van der Waals surface area contributed by atoms with E-state index in [4.69, 9.17) is 4.74 Å². The maximum atomic E-state index is 11.8. The van der Waals surface area contributed by atoms with Gasteiger partial charge in [-0.2, -0.15) is 0 Å². The van der Waals surface area contributed by atoms with E-state index in [0.29, 0.717) is 23.3 Å². The van der Waals surface area contributed by atoms with Gasteiger partial charge in [0.1, 0.15) is 5.75 Å². The molecule has 5 nitrogen and oxygen atoms in total. The molecule has 1 aromatic heterocycles. The fourth-order valence-corrected chi connectivity index (χ4v) is 5.78. The standard InChI is InChI=1S/C24H27N3O2S/c1-16(28)26(2)20-13-18-9-10-19(14-20)27(18)15-17-7-11-21(12-8-17)29-24-25-22-5-3-4-6-23(22)30-24/h3-8,11-12,18-20H,9-10,13-15H2,1-2H3/t18-,19+,20?. The van der Waals surface area contributed by atoms with E-state index in [-0.39, 0.29) is 5.91 Å². The molecule has 2 aliphatic rings. The second kappa shape index (κ2) is 8.00. The number of hydrogen-bond acceptors (Lipinski definition) is 5. The lowest BCUT2D eigenvalue weighted by Crippen LogP contribution is -2.50. The Labute approximate surface area is 181 Å². The van der Waals surface area contributed by atoms with Crippen molar-refractivity contribution in [3.63, 3.8) is 0 Å². The van der Waals surface area contributed by atoms with Crippen molar-refractivity contribution in [1.82, 2.24) is 14.8 Å². The van der Waals surface area contributed by atoms with Crippen LogP contribution in [0.15, 0.2) is 48.5 Å². The molecule has 2 aromatic carbocycles. The number of piperidine rings is 1. The van der Waals surface area contributed by atoms with Gasteiger partial charge in [0, 0.05) is 38.6 Å². The van der Waals surface area contributed by atoms with Crippen molar-refractivity contribution in [3.05, 3.63) is 54.1 Å². The highest BCUT2D eigenvalue weighted by Crippen LogP contribution is 2.38. The Hall–Kier alpha value is -2.44. The molecule has 0 aliphatic carbocycles. The monoisotopic (exact) mass is 421 g/mol. The molecule has 1 unspecified atom stereocenters. The Balaban J connectivity index is 1.23. The largest absolute Gasteiger partial charge is 0.431 e. The first-order valence-corrected chi connectivity index (χ1v) is 11.5. The summed E-state index contributed by atoms with van der Waals surface area (Å²) in [4.78, 5) is 20.9. The minimum atomic E-state index is 0.177. The quantitative estimate of drug-likeness (QED) is 0.577. The summed E-state index contributed by atoms with van der Waals surface area (Å²) in [5, 5.41) is 0.679. The van der Waals surface area contributed by atoms with Crippen LogP contribution in [0.3, 0.4) is 0 Å². The topological polar surface area (TPSA) is 45.7 Å². The average Bonchev–Trinajstić information content (AvgIpc) is 3.24. The van der Waals surface area contributed by atoms with Crippen LogP contribution in [0.2, 0.25) is 0 Å². The van der Waals surface area contributed by atoms with Gasteiger partial charge in [-0.25, -0.2) is 4.98 Å². The number of carbonyl (C=O) groups is 1. The highest BCUT2D eigenvalue weighted by atomic mass is 32.1. The molecule has 2 saturated heterocycles. The zero-order valence-electron chi connectivity index (χ0n) is 17.5. The Morgan fingerprint density at radius 3 is 2.50 bits per heavy atom. The van der Waals surface area contributed by atoms with E-state index >= 15 is 0 Å². The molecule has 6 heteroatoms. The van der Waals surface area contributed by atoms with Gasteiger partial charge in [-0.05, 0) is 55.5 Å². The van der Waals surface area contributed by atoms with Crippen LogP contribution >= 0.6 is 11.3 Å². The van der Waals surface area contributed by atoms with Crippen LogP contribution in [0.4, 0.5) is 0 Å². The summed E-state index contributed by atoms with van der Waals surface area (Å²) in [5.41, 5.74) is 2.28. The van der Waals surface area contributed by atoms with Crippen molar-refractivity contribution in [1.29, 1.82) is 0 Å². The molecule has 0 N–H and O–H groups in total. The molecular weight excluding hydrogens is 394 g/mol. The predicted octanol–water partition coefficient (Wildman–Crippen LogP) is 5.06. The second-order valence-corrected chi connectivity index (χ2v) is 9.50. The fourth-order valence-electron chi connectivity index (χ4n) is 4.95. The van der Waals surface area contributed by atoms with Crippen LogP contribution in [-0.4, -0.2) is 45.9 Å². The lowest BCUT2D eigenvalue weighted by atomic mass is 9.95. The van der Waals surface area contributed by atoms with Crippen molar-refractivity contribution < 1.29 is 9.53 Å². The van der Waals surface area contributed by atoms with E-state index < -0.39 is 0 Å². The number of hydrogen-bond donors (Lipinski definition) is 0. The number of aromatic nitrogens is 1. The lowest BCUT2D eigenvalue weighted by Gasteiger charge is -2.42. The number of benzene rings is 2. The van der Waals surface area contributed by atoms with Crippen molar-refractivity contribution in [2.24, 2.45) is 0 Å². The van der Waals surface area contributed by atoms with Crippen molar-refractivity contribution in [2.45, 2.75) is 57.3 Å². The first-order valence-electron chi connectivity index (χ1n) is 10.7. The maximum absolute atomic E-state index is 11.8. The number of carbonyl (C=O) groups excluding carboxylic acids is 1. The van der Waals surface area contributed by atoms with E-state index in [9.17, 15) is 4.79 Å². The minimum Gasteiger partial charge on any atom is -0.431 e. The second-order valence-electron chi connectivity index (χ2n) is 8.51. The third-order valence-electron chi connectivity index (χ3n) is 6.67. The molecule has 30 heavy (non-hydrogen) atoms. The summed E-state index contributed by atoms with van der Waals surface area (Å²) in [5.74, 6) is 0.999. The highest BCUT2D eigenvalue weighted by molar-refractivity contribution is 7.20. The number of nitrogens with zero attached hydrogens (tertiary/aromatic N) is 3. The first kappa shape index (κ1) is 19.5. The molecule has 1 amide bonds. The van der Waals surface area contributed by atoms with Crippen LogP contribution in [0.25, 0.3) is 10.2 Å².